The maximum absolute atomic E-state index is 13.4. The summed E-state index contributed by atoms with van der Waals surface area (Å²) in [7, 11) is 3.44. The number of anilines is 3. The van der Waals surface area contributed by atoms with Crippen molar-refractivity contribution in [3.05, 3.63) is 69.2 Å². The summed E-state index contributed by atoms with van der Waals surface area (Å²) in [5.41, 5.74) is 4.09. The van der Waals surface area contributed by atoms with Crippen LogP contribution in [0.1, 0.15) is 74.6 Å². The van der Waals surface area contributed by atoms with Gasteiger partial charge >= 0.3 is 0 Å². The molecule has 4 aliphatic rings. The fourth-order valence-electron chi connectivity index (χ4n) is 9.26. The fraction of sp³-hybridized carbons (Fsp3) is 0.465. The largest absolute Gasteiger partial charge is 0.489 e. The van der Waals surface area contributed by atoms with Crippen LogP contribution >= 0.6 is 11.6 Å². The number of carbonyl (C=O) groups excluding carboxylic acids is 3. The Labute approximate surface area is 351 Å². The second-order valence-electron chi connectivity index (χ2n) is 16.5. The molecular weight excluding hydrogens is 788 g/mol. The van der Waals surface area contributed by atoms with E-state index in [9.17, 15) is 19.2 Å². The number of benzene rings is 2. The lowest BCUT2D eigenvalue weighted by Crippen LogP contribution is -2.41. The highest BCUT2D eigenvalue weighted by Gasteiger charge is 2.33. The molecule has 60 heavy (non-hydrogen) atoms. The number of fused-ring (bicyclic) bond motifs is 1. The summed E-state index contributed by atoms with van der Waals surface area (Å²) in [6, 6.07) is 11.7. The van der Waals surface area contributed by atoms with Crippen LogP contribution in [0.4, 0.5) is 17.5 Å². The molecule has 2 atom stereocenters. The van der Waals surface area contributed by atoms with Crippen LogP contribution in [0.25, 0.3) is 21.8 Å². The summed E-state index contributed by atoms with van der Waals surface area (Å²) < 4.78 is 15.2. The van der Waals surface area contributed by atoms with Crippen molar-refractivity contribution in [3.63, 3.8) is 0 Å². The van der Waals surface area contributed by atoms with Crippen LogP contribution in [0.2, 0.25) is 5.02 Å². The number of likely N-dealkylation sites (N-methyl/N-ethyl adjacent to an activating group) is 1. The van der Waals surface area contributed by atoms with Gasteiger partial charge in [0.2, 0.25) is 17.8 Å². The molecule has 0 radical (unpaired) electrons. The highest BCUT2D eigenvalue weighted by atomic mass is 35.5. The van der Waals surface area contributed by atoms with Crippen LogP contribution in [-0.2, 0) is 21.4 Å². The van der Waals surface area contributed by atoms with Gasteiger partial charge in [0.1, 0.15) is 17.4 Å². The minimum Gasteiger partial charge on any atom is -0.489 e. The van der Waals surface area contributed by atoms with Gasteiger partial charge in [0, 0.05) is 62.7 Å². The van der Waals surface area contributed by atoms with Gasteiger partial charge in [-0.1, -0.05) is 23.7 Å². The summed E-state index contributed by atoms with van der Waals surface area (Å²) in [5, 5.41) is 15.1. The van der Waals surface area contributed by atoms with E-state index in [1.54, 1.807) is 16.8 Å². The third-order valence-electron chi connectivity index (χ3n) is 12.6. The number of piperidine rings is 3. The first kappa shape index (κ1) is 39.7. The minimum atomic E-state index is -0.404. The molecule has 16 nitrogen and oxygen atoms in total. The van der Waals surface area contributed by atoms with Gasteiger partial charge in [-0.2, -0.15) is 10.1 Å². The van der Waals surface area contributed by atoms with E-state index in [0.29, 0.717) is 70.4 Å². The summed E-state index contributed by atoms with van der Waals surface area (Å²) in [6.07, 6.45) is 6.70. The normalized spacial score (nSPS) is 20.3. The van der Waals surface area contributed by atoms with Crippen LogP contribution in [0.15, 0.2) is 47.4 Å². The SMILES string of the molecule is CNC(=O)COc1cc2cc(Nc3nc(N4CCC(CN5CCC(c6ccc7c(C8CCC(=O)NC8=O)nn(C)c7c6)CC5)CC4)ncc3Cl)cc3c2n(c1=O)[C@H](C)CO3. The number of nitrogens with zero attached hydrogens (tertiary/aromatic N) is 7. The maximum Gasteiger partial charge on any atom is 0.293 e. The molecule has 0 spiro atoms. The molecule has 3 aromatic heterocycles. The Bertz CT molecular complexity index is 2560. The van der Waals surface area contributed by atoms with Crippen molar-refractivity contribution in [3.8, 4) is 11.5 Å². The van der Waals surface area contributed by atoms with Gasteiger partial charge in [-0.25, -0.2) is 4.98 Å². The number of ether oxygens (including phenoxy) is 2. The number of aryl methyl sites for hydroxylation is 1. The molecule has 2 aromatic carbocycles. The van der Waals surface area contributed by atoms with E-state index in [1.807, 2.05) is 30.8 Å². The van der Waals surface area contributed by atoms with Crippen LogP contribution in [-0.4, -0.2) is 99.9 Å². The number of amides is 3. The number of aromatic nitrogens is 5. The number of hydrogen-bond acceptors (Lipinski definition) is 12. The molecule has 3 saturated heterocycles. The Hall–Kier alpha value is -5.74. The minimum absolute atomic E-state index is 0.0850. The molecule has 3 fully saturated rings. The number of pyridine rings is 1. The van der Waals surface area contributed by atoms with Crippen molar-refractivity contribution in [2.75, 3.05) is 63.2 Å². The lowest BCUT2D eigenvalue weighted by molar-refractivity contribution is -0.134. The molecule has 0 aliphatic carbocycles. The van der Waals surface area contributed by atoms with Crippen LogP contribution in [0.3, 0.4) is 0 Å². The third-order valence-corrected chi connectivity index (χ3v) is 12.8. The topological polar surface area (TPSA) is 178 Å². The van der Waals surface area contributed by atoms with Crippen LogP contribution in [0.5, 0.6) is 11.5 Å². The molecule has 3 amide bonds. The van der Waals surface area contributed by atoms with Crippen molar-refractivity contribution in [2.45, 2.75) is 63.3 Å². The molecule has 7 heterocycles. The number of hydrogen-bond donors (Lipinski definition) is 3. The number of carbonyl (C=O) groups is 3. The van der Waals surface area contributed by atoms with E-state index >= 15 is 0 Å². The summed E-state index contributed by atoms with van der Waals surface area (Å²) in [6.45, 7) is 6.80. The Morgan fingerprint density at radius 1 is 1.03 bits per heavy atom. The zero-order chi connectivity index (χ0) is 41.7. The van der Waals surface area contributed by atoms with Gasteiger partial charge in [0.15, 0.2) is 18.2 Å². The average Bonchev–Trinajstić information content (AvgIpc) is 3.58. The Morgan fingerprint density at radius 3 is 2.60 bits per heavy atom. The van der Waals surface area contributed by atoms with Crippen molar-refractivity contribution < 1.29 is 23.9 Å². The predicted molar refractivity (Wildman–Crippen MR) is 227 cm³/mol. The monoisotopic (exact) mass is 836 g/mol. The van der Waals surface area contributed by atoms with Crippen molar-refractivity contribution in [2.24, 2.45) is 13.0 Å². The fourth-order valence-corrected chi connectivity index (χ4v) is 9.40. The number of imide groups is 1. The lowest BCUT2D eigenvalue weighted by atomic mass is 9.87. The number of halogens is 1. The molecule has 4 aliphatic heterocycles. The van der Waals surface area contributed by atoms with E-state index in [4.69, 9.17) is 31.2 Å². The molecule has 17 heteroatoms. The molecule has 314 valence electrons. The zero-order valence-corrected chi connectivity index (χ0v) is 34.8. The molecular formula is C43H49ClN10O6. The van der Waals surface area contributed by atoms with E-state index in [1.165, 1.54) is 12.6 Å². The molecule has 9 rings (SSSR count). The molecule has 0 bridgehead atoms. The van der Waals surface area contributed by atoms with Gasteiger partial charge in [-0.15, -0.1) is 0 Å². The molecule has 5 aromatic rings. The number of rotatable bonds is 10. The molecule has 0 saturated carbocycles. The van der Waals surface area contributed by atoms with E-state index < -0.39 is 5.92 Å². The van der Waals surface area contributed by atoms with Gasteiger partial charge in [0.05, 0.1) is 34.9 Å². The van der Waals surface area contributed by atoms with Crippen LogP contribution in [0, 0.1) is 5.92 Å². The van der Waals surface area contributed by atoms with E-state index in [0.717, 1.165) is 75.0 Å². The highest BCUT2D eigenvalue weighted by Crippen LogP contribution is 2.38. The Kier molecular flexibility index (Phi) is 10.8. The van der Waals surface area contributed by atoms with E-state index in [2.05, 4.69) is 48.9 Å². The maximum atomic E-state index is 13.4. The molecule has 3 N–H and O–H groups in total. The second kappa shape index (κ2) is 16.4. The van der Waals surface area contributed by atoms with Gasteiger partial charge < -0.3 is 29.9 Å². The first-order valence-corrected chi connectivity index (χ1v) is 21.2. The molecule has 1 unspecified atom stereocenters. The quantitative estimate of drug-likeness (QED) is 0.165. The van der Waals surface area contributed by atoms with E-state index in [-0.39, 0.29) is 41.7 Å². The Balaban J connectivity index is 0.811. The summed E-state index contributed by atoms with van der Waals surface area (Å²) >= 11 is 6.64. The number of likely N-dealkylation sites (tertiary alicyclic amines) is 1. The Morgan fingerprint density at radius 2 is 1.83 bits per heavy atom. The zero-order valence-electron chi connectivity index (χ0n) is 34.0. The van der Waals surface area contributed by atoms with Gasteiger partial charge in [-0.05, 0) is 87.7 Å². The van der Waals surface area contributed by atoms with Gasteiger partial charge in [-0.3, -0.25) is 33.7 Å². The number of nitrogens with one attached hydrogen (secondary N) is 3. The van der Waals surface area contributed by atoms with Crippen molar-refractivity contribution >= 4 is 68.6 Å². The summed E-state index contributed by atoms with van der Waals surface area (Å²) in [4.78, 5) is 63.8. The third kappa shape index (κ3) is 7.73. The average molecular weight is 837 g/mol. The van der Waals surface area contributed by atoms with Gasteiger partial charge in [0.25, 0.3) is 11.5 Å². The van der Waals surface area contributed by atoms with Crippen molar-refractivity contribution in [1.29, 1.82) is 0 Å². The standard InChI is InChI=1S/C43H49ClN10O6/c1-24-22-59-34-19-29(16-28-18-35(60-23-37(56)45-2)42(58)54(24)39(28)34)47-40-32(44)20-46-43(49-40)53-14-8-25(9-15-53)21-52-12-10-26(11-13-52)27-4-5-30-33(17-27)51(3)50-38(30)31-6-7-36(55)48-41(31)57/h4-5,16-20,24-26,31H,6-15,21-23H2,1-3H3,(H,45,56)(H,46,47,49)(H,48,55,57)/t24-,31?/m1/s1. The summed E-state index contributed by atoms with van der Waals surface area (Å²) in [5.74, 6) is 1.54. The lowest BCUT2D eigenvalue weighted by Gasteiger charge is -2.38. The first-order valence-electron chi connectivity index (χ1n) is 20.8. The highest BCUT2D eigenvalue weighted by molar-refractivity contribution is 6.33. The van der Waals surface area contributed by atoms with Crippen LogP contribution < -0.4 is 35.9 Å². The first-order chi connectivity index (χ1) is 29.0. The smallest absolute Gasteiger partial charge is 0.293 e. The van der Waals surface area contributed by atoms with Crippen molar-refractivity contribution in [1.82, 2.24) is 39.8 Å². The predicted octanol–water partition coefficient (Wildman–Crippen LogP) is 4.77. The second-order valence-corrected chi connectivity index (χ2v) is 16.9.